The third-order valence-corrected chi connectivity index (χ3v) is 11.1. The number of para-hydroxylation sites is 7. The number of fused-ring (bicyclic) bond motifs is 9. The van der Waals surface area contributed by atoms with E-state index in [4.69, 9.17) is 0 Å². The number of hydrogen-bond acceptors (Lipinski definition) is 2. The molecule has 0 saturated carbocycles. The molecule has 11 aromatic rings. The van der Waals surface area contributed by atoms with Gasteiger partial charge in [-0.2, -0.15) is 10.5 Å². The lowest BCUT2D eigenvalue weighted by Gasteiger charge is -2.20. The summed E-state index contributed by atoms with van der Waals surface area (Å²) in [4.78, 5) is 0. The highest BCUT2D eigenvalue weighted by atomic mass is 15.1. The van der Waals surface area contributed by atoms with E-state index < -0.39 is 0 Å². The smallest absolute Gasteiger partial charge is 0.101 e. The molecule has 8 aromatic carbocycles. The first-order valence-corrected chi connectivity index (χ1v) is 18.3. The predicted molar refractivity (Wildman–Crippen MR) is 224 cm³/mol. The summed E-state index contributed by atoms with van der Waals surface area (Å²) < 4.78 is 6.93. The molecule has 0 bridgehead atoms. The van der Waals surface area contributed by atoms with Crippen molar-refractivity contribution in [2.75, 3.05) is 0 Å². The summed E-state index contributed by atoms with van der Waals surface area (Å²) in [7, 11) is 0. The molecule has 0 N–H and O–H groups in total. The maximum atomic E-state index is 10.9. The number of nitrogens with zero attached hydrogens (tertiary/aromatic N) is 5. The van der Waals surface area contributed by atoms with Gasteiger partial charge in [0.05, 0.1) is 67.4 Å². The van der Waals surface area contributed by atoms with Crippen LogP contribution in [-0.2, 0) is 0 Å². The van der Waals surface area contributed by atoms with Gasteiger partial charge in [0.2, 0.25) is 0 Å². The van der Waals surface area contributed by atoms with Crippen molar-refractivity contribution >= 4 is 65.4 Å². The Labute approximate surface area is 316 Å². The van der Waals surface area contributed by atoms with Gasteiger partial charge in [-0.05, 0) is 54.6 Å². The van der Waals surface area contributed by atoms with E-state index in [-0.39, 0.29) is 0 Å². The maximum Gasteiger partial charge on any atom is 0.101 e. The van der Waals surface area contributed by atoms with E-state index in [1.807, 2.05) is 48.5 Å². The summed E-state index contributed by atoms with van der Waals surface area (Å²) in [6.07, 6.45) is 0. The topological polar surface area (TPSA) is 62.4 Å². The second kappa shape index (κ2) is 11.8. The third kappa shape index (κ3) is 4.27. The molecule has 254 valence electrons. The Morgan fingerprint density at radius 1 is 0.309 bits per heavy atom. The molecule has 0 aliphatic carbocycles. The zero-order valence-corrected chi connectivity index (χ0v) is 29.5. The van der Waals surface area contributed by atoms with Crippen molar-refractivity contribution in [2.45, 2.75) is 0 Å². The molecule has 11 rings (SSSR count). The Bertz CT molecular complexity index is 3420. The van der Waals surface area contributed by atoms with Crippen LogP contribution in [0.4, 0.5) is 0 Å². The molecule has 0 unspecified atom stereocenters. The van der Waals surface area contributed by atoms with Crippen LogP contribution < -0.4 is 0 Å². The monoisotopic (exact) mass is 699 g/mol. The number of rotatable bonds is 4. The molecule has 0 atom stereocenters. The van der Waals surface area contributed by atoms with Gasteiger partial charge in [0.1, 0.15) is 6.07 Å². The Morgan fingerprint density at radius 3 is 1.33 bits per heavy atom. The van der Waals surface area contributed by atoms with E-state index in [1.54, 1.807) is 0 Å². The van der Waals surface area contributed by atoms with Crippen LogP contribution in [0.2, 0.25) is 0 Å². The summed E-state index contributed by atoms with van der Waals surface area (Å²) in [5.74, 6) is 0. The van der Waals surface area contributed by atoms with Gasteiger partial charge in [-0.1, -0.05) is 121 Å². The van der Waals surface area contributed by atoms with Gasteiger partial charge < -0.3 is 13.7 Å². The molecule has 5 heteroatoms. The van der Waals surface area contributed by atoms with Crippen LogP contribution in [0, 0.1) is 22.7 Å². The van der Waals surface area contributed by atoms with Gasteiger partial charge in [-0.3, -0.25) is 0 Å². The second-order valence-corrected chi connectivity index (χ2v) is 13.9. The van der Waals surface area contributed by atoms with E-state index in [2.05, 4.69) is 153 Å². The van der Waals surface area contributed by atoms with Gasteiger partial charge in [0.15, 0.2) is 0 Å². The zero-order valence-electron chi connectivity index (χ0n) is 29.5. The quantitative estimate of drug-likeness (QED) is 0.184. The molecule has 0 saturated heterocycles. The predicted octanol–water partition coefficient (Wildman–Crippen LogP) is 12.4. The minimum absolute atomic E-state index is 0.562. The number of nitriles is 2. The molecule has 0 spiro atoms. The van der Waals surface area contributed by atoms with Crippen molar-refractivity contribution in [3.8, 4) is 40.3 Å². The van der Waals surface area contributed by atoms with Crippen LogP contribution in [0.15, 0.2) is 176 Å². The van der Waals surface area contributed by atoms with Gasteiger partial charge in [-0.25, -0.2) is 0 Å². The van der Waals surface area contributed by atoms with E-state index in [9.17, 15) is 10.5 Å². The SMILES string of the molecule is N#Cc1cccc(-n2c3ccccc3c3cccc(-n4c5ccccc5c5ccccc54)c32)c1-c1ccccc1-n1c2ccccc2c2cccc(C#N)c21. The molecule has 0 amide bonds. The number of benzene rings is 8. The van der Waals surface area contributed by atoms with Crippen LogP contribution in [0.1, 0.15) is 11.1 Å². The lowest BCUT2D eigenvalue weighted by atomic mass is 9.96. The first kappa shape index (κ1) is 30.7. The molecular formula is C50H29N5. The molecule has 0 fully saturated rings. The summed E-state index contributed by atoms with van der Waals surface area (Å²) in [6, 6.07) is 65.8. The molecule has 5 nitrogen and oxygen atoms in total. The Hall–Kier alpha value is -7.86. The van der Waals surface area contributed by atoms with Crippen molar-refractivity contribution in [1.29, 1.82) is 10.5 Å². The molecule has 55 heavy (non-hydrogen) atoms. The highest BCUT2D eigenvalue weighted by Gasteiger charge is 2.25. The largest absolute Gasteiger partial charge is 0.307 e. The first-order chi connectivity index (χ1) is 27.3. The van der Waals surface area contributed by atoms with Crippen LogP contribution in [0.25, 0.3) is 93.6 Å². The molecule has 0 aliphatic heterocycles. The fourth-order valence-corrected chi connectivity index (χ4v) is 8.95. The lowest BCUT2D eigenvalue weighted by Crippen LogP contribution is -2.05. The highest BCUT2D eigenvalue weighted by Crippen LogP contribution is 2.44. The number of hydrogen-bond donors (Lipinski definition) is 0. The van der Waals surface area contributed by atoms with Gasteiger partial charge in [-0.15, -0.1) is 0 Å². The highest BCUT2D eigenvalue weighted by molar-refractivity contribution is 6.16. The minimum Gasteiger partial charge on any atom is -0.307 e. The summed E-state index contributed by atoms with van der Waals surface area (Å²) in [5, 5.41) is 28.0. The minimum atomic E-state index is 0.562. The molecule has 3 aromatic heterocycles. The van der Waals surface area contributed by atoms with Crippen LogP contribution >= 0.6 is 0 Å². The zero-order chi connectivity index (χ0) is 36.6. The van der Waals surface area contributed by atoms with Crippen molar-refractivity contribution < 1.29 is 0 Å². The van der Waals surface area contributed by atoms with Crippen molar-refractivity contribution in [3.05, 3.63) is 187 Å². The average molecular weight is 700 g/mol. The second-order valence-electron chi connectivity index (χ2n) is 13.9. The standard InChI is InChI=1S/C50H29N5/c51-30-32-14-12-28-46(48(32)40-20-5-10-27-45(40)54-43-25-8-3-18-36(43)38-21-11-15-33(31-52)49(38)54)55-44-26-9-4-19-37(44)39-22-13-29-47(50(39)55)53-41-23-6-1-16-34(41)35-17-2-7-24-42(35)53/h1-29H. The van der Waals surface area contributed by atoms with Crippen LogP contribution in [-0.4, -0.2) is 13.7 Å². The van der Waals surface area contributed by atoms with Gasteiger partial charge in [0.25, 0.3) is 0 Å². The average Bonchev–Trinajstić information content (AvgIpc) is 3.89. The molecule has 3 heterocycles. The summed E-state index contributed by atoms with van der Waals surface area (Å²) >= 11 is 0. The van der Waals surface area contributed by atoms with Crippen molar-refractivity contribution in [3.63, 3.8) is 0 Å². The Kier molecular flexibility index (Phi) is 6.61. The normalized spacial score (nSPS) is 11.6. The molecule has 0 aliphatic rings. The van der Waals surface area contributed by atoms with E-state index in [0.717, 1.165) is 82.8 Å². The van der Waals surface area contributed by atoms with Crippen molar-refractivity contribution in [1.82, 2.24) is 13.7 Å². The summed E-state index contributed by atoms with van der Waals surface area (Å²) in [5.41, 5.74) is 11.9. The van der Waals surface area contributed by atoms with E-state index >= 15 is 0 Å². The first-order valence-electron chi connectivity index (χ1n) is 18.3. The van der Waals surface area contributed by atoms with Crippen LogP contribution in [0.5, 0.6) is 0 Å². The van der Waals surface area contributed by atoms with E-state index in [0.29, 0.717) is 11.1 Å². The summed E-state index contributed by atoms with van der Waals surface area (Å²) in [6.45, 7) is 0. The van der Waals surface area contributed by atoms with Gasteiger partial charge >= 0.3 is 0 Å². The number of aromatic nitrogens is 3. The Morgan fingerprint density at radius 2 is 0.709 bits per heavy atom. The fourth-order valence-electron chi connectivity index (χ4n) is 8.95. The Balaban J connectivity index is 1.29. The van der Waals surface area contributed by atoms with E-state index in [1.165, 1.54) is 10.8 Å². The third-order valence-electron chi connectivity index (χ3n) is 11.1. The van der Waals surface area contributed by atoms with Gasteiger partial charge in [0, 0.05) is 43.4 Å². The molecule has 0 radical (unpaired) electrons. The van der Waals surface area contributed by atoms with Crippen LogP contribution in [0.3, 0.4) is 0 Å². The van der Waals surface area contributed by atoms with Crippen molar-refractivity contribution in [2.24, 2.45) is 0 Å². The maximum absolute atomic E-state index is 10.9. The fraction of sp³-hybridized carbons (Fsp3) is 0. The lowest BCUT2D eigenvalue weighted by molar-refractivity contribution is 1.13. The molecular weight excluding hydrogens is 671 g/mol.